The molecule has 0 saturated heterocycles. The lowest BCUT2D eigenvalue weighted by molar-refractivity contribution is -0.143. The predicted octanol–water partition coefficient (Wildman–Crippen LogP) is 1.48. The lowest BCUT2D eigenvalue weighted by atomic mass is 10.0. The molecule has 0 aliphatic rings. The summed E-state index contributed by atoms with van der Waals surface area (Å²) in [6.45, 7) is 1.38. The van der Waals surface area contributed by atoms with Gasteiger partial charge in [0.2, 0.25) is 0 Å². The van der Waals surface area contributed by atoms with Gasteiger partial charge in [-0.15, -0.1) is 0 Å². The smallest absolute Gasteiger partial charge is 0.408 e. The van der Waals surface area contributed by atoms with E-state index in [2.05, 4.69) is 5.32 Å². The fourth-order valence-corrected chi connectivity index (χ4v) is 1.58. The van der Waals surface area contributed by atoms with Gasteiger partial charge in [0.1, 0.15) is 12.6 Å². The van der Waals surface area contributed by atoms with Crippen molar-refractivity contribution in [1.82, 2.24) is 5.32 Å². The van der Waals surface area contributed by atoms with Crippen molar-refractivity contribution in [3.05, 3.63) is 35.9 Å². The van der Waals surface area contributed by atoms with Crippen LogP contribution in [-0.2, 0) is 20.9 Å². The quantitative estimate of drug-likeness (QED) is 0.702. The standard InChI is InChI=1S/C14H17NO6/c1-9(12(16)17)7-11(13(18)19)15-14(20)21-8-10-5-3-2-4-6-10/h2-6,9,11H,7-8H2,1H3,(H,15,20)(H,16,17)(H,18,19)/t9?,11-/m1/s1. The van der Waals surface area contributed by atoms with E-state index in [1.165, 1.54) is 6.92 Å². The Morgan fingerprint density at radius 3 is 2.29 bits per heavy atom. The largest absolute Gasteiger partial charge is 0.481 e. The van der Waals surface area contributed by atoms with E-state index in [0.717, 1.165) is 5.56 Å². The summed E-state index contributed by atoms with van der Waals surface area (Å²) in [6.07, 6.45) is -1.12. The zero-order chi connectivity index (χ0) is 15.8. The van der Waals surface area contributed by atoms with Gasteiger partial charge in [0.15, 0.2) is 0 Å². The highest BCUT2D eigenvalue weighted by Crippen LogP contribution is 2.07. The number of rotatable bonds is 7. The van der Waals surface area contributed by atoms with Gasteiger partial charge in [0.25, 0.3) is 0 Å². The van der Waals surface area contributed by atoms with Crippen molar-refractivity contribution in [3.63, 3.8) is 0 Å². The molecular formula is C14H17NO6. The van der Waals surface area contributed by atoms with Gasteiger partial charge in [-0.2, -0.15) is 0 Å². The van der Waals surface area contributed by atoms with Gasteiger partial charge in [0.05, 0.1) is 5.92 Å². The Bertz CT molecular complexity index is 501. The topological polar surface area (TPSA) is 113 Å². The van der Waals surface area contributed by atoms with Crippen molar-refractivity contribution >= 4 is 18.0 Å². The summed E-state index contributed by atoms with van der Waals surface area (Å²) in [6, 6.07) is 7.59. The highest BCUT2D eigenvalue weighted by Gasteiger charge is 2.26. The first-order chi connectivity index (χ1) is 9.90. The van der Waals surface area contributed by atoms with E-state index in [-0.39, 0.29) is 13.0 Å². The SMILES string of the molecule is CC(C[C@@H](NC(=O)OCc1ccccc1)C(=O)O)C(=O)O. The van der Waals surface area contributed by atoms with Crippen LogP contribution in [0.4, 0.5) is 4.79 Å². The van der Waals surface area contributed by atoms with Gasteiger partial charge in [-0.1, -0.05) is 37.3 Å². The minimum Gasteiger partial charge on any atom is -0.481 e. The number of hydrogen-bond donors (Lipinski definition) is 3. The van der Waals surface area contributed by atoms with Gasteiger partial charge in [-0.05, 0) is 12.0 Å². The second kappa shape index (κ2) is 7.88. The molecule has 0 radical (unpaired) electrons. The second-order valence-corrected chi connectivity index (χ2v) is 4.57. The van der Waals surface area contributed by atoms with Crippen molar-refractivity contribution in [2.75, 3.05) is 0 Å². The van der Waals surface area contributed by atoms with Crippen LogP contribution in [0.15, 0.2) is 30.3 Å². The number of hydrogen-bond acceptors (Lipinski definition) is 4. The molecule has 0 saturated carbocycles. The number of ether oxygens (including phenoxy) is 1. The Hall–Kier alpha value is -2.57. The average molecular weight is 295 g/mol. The second-order valence-electron chi connectivity index (χ2n) is 4.57. The fraction of sp³-hybridized carbons (Fsp3) is 0.357. The maximum absolute atomic E-state index is 11.5. The van der Waals surface area contributed by atoms with Gasteiger partial charge in [-0.25, -0.2) is 9.59 Å². The van der Waals surface area contributed by atoms with Crippen LogP contribution >= 0.6 is 0 Å². The molecule has 21 heavy (non-hydrogen) atoms. The fourth-order valence-electron chi connectivity index (χ4n) is 1.58. The van der Waals surface area contributed by atoms with E-state index in [0.29, 0.717) is 0 Å². The Balaban J connectivity index is 2.49. The van der Waals surface area contributed by atoms with E-state index in [9.17, 15) is 14.4 Å². The Labute approximate surface area is 121 Å². The van der Waals surface area contributed by atoms with Crippen molar-refractivity contribution < 1.29 is 29.3 Å². The van der Waals surface area contributed by atoms with Crippen LogP contribution in [0.1, 0.15) is 18.9 Å². The number of amides is 1. The number of alkyl carbamates (subject to hydrolysis) is 1. The molecule has 0 aliphatic heterocycles. The normalized spacial score (nSPS) is 13.0. The van der Waals surface area contributed by atoms with Crippen LogP contribution in [0.3, 0.4) is 0 Å². The third-order valence-corrected chi connectivity index (χ3v) is 2.81. The van der Waals surface area contributed by atoms with Crippen LogP contribution in [0.5, 0.6) is 0 Å². The van der Waals surface area contributed by atoms with E-state index >= 15 is 0 Å². The zero-order valence-electron chi connectivity index (χ0n) is 11.5. The molecule has 7 heteroatoms. The van der Waals surface area contributed by atoms with Crippen molar-refractivity contribution in [2.45, 2.75) is 26.0 Å². The lowest BCUT2D eigenvalue weighted by Gasteiger charge is -2.16. The molecule has 1 aromatic carbocycles. The minimum atomic E-state index is -1.31. The van der Waals surface area contributed by atoms with Crippen molar-refractivity contribution in [3.8, 4) is 0 Å². The number of carboxylic acid groups (broad SMARTS) is 2. The molecule has 7 nitrogen and oxygen atoms in total. The van der Waals surface area contributed by atoms with Crippen molar-refractivity contribution in [1.29, 1.82) is 0 Å². The summed E-state index contributed by atoms with van der Waals surface area (Å²) >= 11 is 0. The molecule has 0 fully saturated rings. The van der Waals surface area contributed by atoms with Crippen LogP contribution in [-0.4, -0.2) is 34.3 Å². The molecule has 0 aromatic heterocycles. The van der Waals surface area contributed by atoms with Crippen LogP contribution < -0.4 is 5.32 Å². The molecule has 1 rings (SSSR count). The van der Waals surface area contributed by atoms with Gasteiger partial charge >= 0.3 is 18.0 Å². The molecule has 0 heterocycles. The molecule has 3 N–H and O–H groups in total. The summed E-state index contributed by atoms with van der Waals surface area (Å²) in [5, 5.41) is 19.9. The van der Waals surface area contributed by atoms with Crippen LogP contribution in [0, 0.1) is 5.92 Å². The summed E-state index contributed by atoms with van der Waals surface area (Å²) in [5.74, 6) is -3.32. The maximum Gasteiger partial charge on any atom is 0.408 e. The molecule has 114 valence electrons. The first-order valence-corrected chi connectivity index (χ1v) is 6.33. The molecule has 0 aliphatic carbocycles. The van der Waals surface area contributed by atoms with E-state index < -0.39 is 30.0 Å². The van der Waals surface area contributed by atoms with E-state index in [1.54, 1.807) is 24.3 Å². The first-order valence-electron chi connectivity index (χ1n) is 6.33. The third kappa shape index (κ3) is 5.94. The Morgan fingerprint density at radius 1 is 1.14 bits per heavy atom. The molecule has 1 amide bonds. The molecule has 1 unspecified atom stereocenters. The van der Waals surface area contributed by atoms with Crippen LogP contribution in [0.2, 0.25) is 0 Å². The summed E-state index contributed by atoms with van der Waals surface area (Å²) < 4.78 is 4.89. The van der Waals surface area contributed by atoms with Crippen molar-refractivity contribution in [2.24, 2.45) is 5.92 Å². The first kappa shape index (κ1) is 16.5. The highest BCUT2D eigenvalue weighted by molar-refractivity contribution is 5.81. The number of nitrogens with one attached hydrogen (secondary N) is 1. The highest BCUT2D eigenvalue weighted by atomic mass is 16.5. The van der Waals surface area contributed by atoms with Gasteiger partial charge in [0, 0.05) is 0 Å². The minimum absolute atomic E-state index is 0.00744. The molecule has 0 spiro atoms. The van der Waals surface area contributed by atoms with E-state index in [1.807, 2.05) is 6.07 Å². The third-order valence-electron chi connectivity index (χ3n) is 2.81. The van der Waals surface area contributed by atoms with E-state index in [4.69, 9.17) is 14.9 Å². The summed E-state index contributed by atoms with van der Waals surface area (Å²) in [7, 11) is 0. The summed E-state index contributed by atoms with van der Waals surface area (Å²) in [4.78, 5) is 33.3. The number of benzene rings is 1. The number of carbonyl (C=O) groups excluding carboxylic acids is 1. The average Bonchev–Trinajstić information content (AvgIpc) is 2.45. The lowest BCUT2D eigenvalue weighted by Crippen LogP contribution is -2.42. The number of carboxylic acids is 2. The molecule has 1 aromatic rings. The van der Waals surface area contributed by atoms with Gasteiger partial charge < -0.3 is 20.3 Å². The number of carbonyl (C=O) groups is 3. The van der Waals surface area contributed by atoms with Gasteiger partial charge in [-0.3, -0.25) is 4.79 Å². The molecule has 2 atom stereocenters. The maximum atomic E-state index is 11.5. The Morgan fingerprint density at radius 2 is 1.76 bits per heavy atom. The predicted molar refractivity (Wildman–Crippen MR) is 72.6 cm³/mol. The summed E-state index contributed by atoms with van der Waals surface area (Å²) in [5.41, 5.74) is 0.762. The molecular weight excluding hydrogens is 278 g/mol. The monoisotopic (exact) mass is 295 g/mol. The number of aliphatic carboxylic acids is 2. The van der Waals surface area contributed by atoms with Crippen LogP contribution in [0.25, 0.3) is 0 Å². The zero-order valence-corrected chi connectivity index (χ0v) is 11.5. The Kier molecular flexibility index (Phi) is 6.19. The molecule has 0 bridgehead atoms.